The molecule has 4 amide bonds. The Labute approximate surface area is 184 Å². The molecule has 166 valence electrons. The number of nitrogens with one attached hydrogen (secondary N) is 4. The summed E-state index contributed by atoms with van der Waals surface area (Å²) in [7, 11) is 0. The molecule has 0 saturated carbocycles. The van der Waals surface area contributed by atoms with Crippen molar-refractivity contribution < 1.29 is 14.4 Å². The largest absolute Gasteiger partial charge is 0.325 e. The summed E-state index contributed by atoms with van der Waals surface area (Å²) in [4.78, 5) is 55.7. The minimum atomic E-state index is -1.25. The van der Waals surface area contributed by atoms with Crippen molar-refractivity contribution in [3.63, 3.8) is 0 Å². The van der Waals surface area contributed by atoms with E-state index in [1.165, 1.54) is 0 Å². The summed E-state index contributed by atoms with van der Waals surface area (Å²) in [5.74, 6) is -1.02. The highest BCUT2D eigenvalue weighted by Crippen LogP contribution is 2.31. The molecular formula is C23H25N5O4. The van der Waals surface area contributed by atoms with Gasteiger partial charge in [-0.05, 0) is 41.7 Å². The predicted molar refractivity (Wildman–Crippen MR) is 120 cm³/mol. The minimum Gasteiger partial charge on any atom is -0.324 e. The van der Waals surface area contributed by atoms with E-state index < -0.39 is 29.9 Å². The number of benzene rings is 2. The van der Waals surface area contributed by atoms with Gasteiger partial charge in [-0.1, -0.05) is 45.0 Å². The van der Waals surface area contributed by atoms with Crippen molar-refractivity contribution in [1.82, 2.24) is 20.2 Å². The van der Waals surface area contributed by atoms with Gasteiger partial charge >= 0.3 is 11.7 Å². The van der Waals surface area contributed by atoms with Crippen LogP contribution in [0.15, 0.2) is 47.3 Å². The van der Waals surface area contributed by atoms with Gasteiger partial charge in [0.1, 0.15) is 12.1 Å². The predicted octanol–water partition coefficient (Wildman–Crippen LogP) is 2.56. The van der Waals surface area contributed by atoms with Gasteiger partial charge in [-0.15, -0.1) is 0 Å². The second-order valence-electron chi connectivity index (χ2n) is 9.16. The second-order valence-corrected chi connectivity index (χ2v) is 9.16. The van der Waals surface area contributed by atoms with Gasteiger partial charge in [0.25, 0.3) is 5.91 Å². The monoisotopic (exact) mass is 435 g/mol. The van der Waals surface area contributed by atoms with Crippen LogP contribution in [0.25, 0.3) is 11.0 Å². The lowest BCUT2D eigenvalue weighted by Crippen LogP contribution is -2.42. The number of anilines is 1. The quantitative estimate of drug-likeness (QED) is 0.470. The molecule has 0 radical (unpaired) electrons. The van der Waals surface area contributed by atoms with Crippen LogP contribution in [0, 0.1) is 0 Å². The number of aromatic amines is 2. The number of H-pyrrole nitrogens is 2. The van der Waals surface area contributed by atoms with E-state index in [0.717, 1.165) is 10.5 Å². The minimum absolute atomic E-state index is 0.0388. The number of urea groups is 1. The maximum atomic E-state index is 13.1. The molecule has 3 aromatic rings. The lowest BCUT2D eigenvalue weighted by molar-refractivity contribution is -0.133. The highest BCUT2D eigenvalue weighted by atomic mass is 16.2. The number of fused-ring (bicyclic) bond motifs is 1. The third-order valence-electron chi connectivity index (χ3n) is 5.70. The van der Waals surface area contributed by atoms with Gasteiger partial charge in [0, 0.05) is 5.69 Å². The molecule has 1 aliphatic heterocycles. The van der Waals surface area contributed by atoms with Crippen LogP contribution in [-0.4, -0.2) is 39.3 Å². The van der Waals surface area contributed by atoms with Crippen LogP contribution in [0.4, 0.5) is 10.5 Å². The zero-order chi connectivity index (χ0) is 23.3. The zero-order valence-corrected chi connectivity index (χ0v) is 18.3. The topological polar surface area (TPSA) is 127 Å². The molecule has 0 spiro atoms. The average Bonchev–Trinajstić information content (AvgIpc) is 3.19. The van der Waals surface area contributed by atoms with E-state index in [0.29, 0.717) is 22.3 Å². The lowest BCUT2D eigenvalue weighted by atomic mass is 9.84. The fourth-order valence-electron chi connectivity index (χ4n) is 3.79. The van der Waals surface area contributed by atoms with Crippen LogP contribution in [-0.2, 0) is 20.5 Å². The van der Waals surface area contributed by atoms with Crippen molar-refractivity contribution in [1.29, 1.82) is 0 Å². The fourth-order valence-corrected chi connectivity index (χ4v) is 3.79. The van der Waals surface area contributed by atoms with Crippen molar-refractivity contribution in [3.05, 3.63) is 64.1 Å². The average molecular weight is 435 g/mol. The highest BCUT2D eigenvalue weighted by molar-refractivity contribution is 6.10. The fraction of sp³-hybridized carbons (Fsp3) is 0.304. The number of rotatable bonds is 4. The molecule has 2 aromatic carbocycles. The van der Waals surface area contributed by atoms with Gasteiger partial charge in [0.15, 0.2) is 0 Å². The lowest BCUT2D eigenvalue weighted by Gasteiger charge is -2.24. The van der Waals surface area contributed by atoms with Gasteiger partial charge in [-0.3, -0.25) is 14.5 Å². The van der Waals surface area contributed by atoms with E-state index in [4.69, 9.17) is 0 Å². The third-order valence-corrected chi connectivity index (χ3v) is 5.70. The number of nitrogens with zero attached hydrogens (tertiary/aromatic N) is 1. The maximum absolute atomic E-state index is 13.1. The molecule has 4 rings (SSSR count). The number of imide groups is 1. The Morgan fingerprint density at radius 3 is 2.31 bits per heavy atom. The number of hydrogen-bond acceptors (Lipinski definition) is 4. The molecule has 1 fully saturated rings. The van der Waals surface area contributed by atoms with E-state index >= 15 is 0 Å². The second kappa shape index (κ2) is 7.37. The van der Waals surface area contributed by atoms with Crippen molar-refractivity contribution in [3.8, 4) is 0 Å². The summed E-state index contributed by atoms with van der Waals surface area (Å²) in [6.45, 7) is 7.49. The number of hydrogen-bond donors (Lipinski definition) is 4. The van der Waals surface area contributed by atoms with Gasteiger partial charge in [-0.25, -0.2) is 9.59 Å². The highest BCUT2D eigenvalue weighted by Gasteiger charge is 2.49. The SMILES string of the molecule is CC(C)(C)c1ccc([C@]2(C)NC(=O)N(CC(=O)Nc3ccc4[nH]c(=O)[nH]c4c3)C2=O)cc1. The standard InChI is InChI=1S/C23H25N5O4/c1-22(2,3)13-5-7-14(8-6-13)23(4)19(30)28(21(32)27-23)12-18(29)24-15-9-10-16-17(11-15)26-20(31)25-16/h5-11H,12H2,1-4H3,(H,24,29)(H,27,32)(H2,25,26,31)/t23-/m0/s1. The molecule has 1 aliphatic rings. The van der Waals surface area contributed by atoms with Crippen LogP contribution in [0.3, 0.4) is 0 Å². The summed E-state index contributed by atoms with van der Waals surface area (Å²) < 4.78 is 0. The van der Waals surface area contributed by atoms with Crippen LogP contribution in [0.1, 0.15) is 38.8 Å². The van der Waals surface area contributed by atoms with Gasteiger partial charge in [-0.2, -0.15) is 0 Å². The molecule has 0 bridgehead atoms. The molecule has 9 nitrogen and oxygen atoms in total. The molecule has 1 saturated heterocycles. The van der Waals surface area contributed by atoms with E-state index in [9.17, 15) is 19.2 Å². The van der Waals surface area contributed by atoms with E-state index in [-0.39, 0.29) is 11.1 Å². The first-order valence-corrected chi connectivity index (χ1v) is 10.2. The summed E-state index contributed by atoms with van der Waals surface area (Å²) in [6.07, 6.45) is 0. The summed E-state index contributed by atoms with van der Waals surface area (Å²) in [6, 6.07) is 11.8. The summed E-state index contributed by atoms with van der Waals surface area (Å²) in [5.41, 5.74) is 1.69. The number of imidazole rings is 1. The maximum Gasteiger partial charge on any atom is 0.325 e. The van der Waals surface area contributed by atoms with E-state index in [1.54, 1.807) is 25.1 Å². The molecule has 0 aliphatic carbocycles. The van der Waals surface area contributed by atoms with Gasteiger partial charge in [0.05, 0.1) is 11.0 Å². The summed E-state index contributed by atoms with van der Waals surface area (Å²) >= 11 is 0. The Morgan fingerprint density at radius 2 is 1.66 bits per heavy atom. The molecule has 0 unspecified atom stereocenters. The normalized spacial score (nSPS) is 18.8. The number of carbonyl (C=O) groups excluding carboxylic acids is 3. The smallest absolute Gasteiger partial charge is 0.324 e. The Bertz CT molecular complexity index is 1280. The molecular weight excluding hydrogens is 410 g/mol. The summed E-state index contributed by atoms with van der Waals surface area (Å²) in [5, 5.41) is 5.37. The number of amides is 4. The molecule has 1 aromatic heterocycles. The molecule has 32 heavy (non-hydrogen) atoms. The van der Waals surface area contributed by atoms with Crippen molar-refractivity contribution in [2.24, 2.45) is 0 Å². The Balaban J connectivity index is 1.49. The van der Waals surface area contributed by atoms with Gasteiger partial charge in [0.2, 0.25) is 5.91 Å². The van der Waals surface area contributed by atoms with E-state index in [2.05, 4.69) is 41.4 Å². The Kier molecular flexibility index (Phi) is 4.92. The third kappa shape index (κ3) is 3.77. The first-order chi connectivity index (χ1) is 15.0. The Hall–Kier alpha value is -3.88. The number of carbonyl (C=O) groups is 3. The van der Waals surface area contributed by atoms with Crippen LogP contribution in [0.2, 0.25) is 0 Å². The Morgan fingerprint density at radius 1 is 1.00 bits per heavy atom. The first kappa shape index (κ1) is 21.4. The molecule has 1 atom stereocenters. The first-order valence-electron chi connectivity index (χ1n) is 10.2. The molecule has 9 heteroatoms. The van der Waals surface area contributed by atoms with Crippen molar-refractivity contribution >= 4 is 34.6 Å². The van der Waals surface area contributed by atoms with Crippen molar-refractivity contribution in [2.75, 3.05) is 11.9 Å². The van der Waals surface area contributed by atoms with E-state index in [1.807, 2.05) is 24.3 Å². The van der Waals surface area contributed by atoms with Crippen LogP contribution < -0.4 is 16.3 Å². The molecule has 2 heterocycles. The van der Waals surface area contributed by atoms with Crippen LogP contribution >= 0.6 is 0 Å². The van der Waals surface area contributed by atoms with Crippen molar-refractivity contribution in [2.45, 2.75) is 38.6 Å². The zero-order valence-electron chi connectivity index (χ0n) is 18.3. The van der Waals surface area contributed by atoms with Crippen LogP contribution in [0.5, 0.6) is 0 Å². The molecule has 4 N–H and O–H groups in total. The van der Waals surface area contributed by atoms with Gasteiger partial charge < -0.3 is 20.6 Å². The number of aromatic nitrogens is 2.